The fourth-order valence-corrected chi connectivity index (χ4v) is 1.93. The number of halogens is 1. The van der Waals surface area contributed by atoms with Crippen molar-refractivity contribution in [3.8, 4) is 0 Å². The quantitative estimate of drug-likeness (QED) is 0.845. The normalized spacial score (nSPS) is 10.6. The maximum atomic E-state index is 11.9. The second-order valence-electron chi connectivity index (χ2n) is 4.15. The number of aromatic nitrogens is 4. The Morgan fingerprint density at radius 1 is 1.47 bits per heavy atom. The van der Waals surface area contributed by atoms with Crippen LogP contribution in [0.15, 0.2) is 23.5 Å². The third-order valence-corrected chi connectivity index (χ3v) is 3.05. The van der Waals surface area contributed by atoms with E-state index in [1.807, 2.05) is 6.92 Å². The molecule has 2 aromatic heterocycles. The van der Waals surface area contributed by atoms with E-state index in [-0.39, 0.29) is 10.6 Å². The average molecular weight is 282 g/mol. The molecule has 0 unspecified atom stereocenters. The van der Waals surface area contributed by atoms with Crippen LogP contribution in [0.1, 0.15) is 19.0 Å². The molecule has 0 bridgehead atoms. The van der Waals surface area contributed by atoms with E-state index in [4.69, 9.17) is 11.6 Å². The molecule has 0 atom stereocenters. The van der Waals surface area contributed by atoms with Crippen LogP contribution in [-0.4, -0.2) is 26.3 Å². The molecule has 0 amide bonds. The Labute approximate surface area is 115 Å². The van der Waals surface area contributed by atoms with Crippen LogP contribution in [0.2, 0.25) is 5.02 Å². The van der Waals surface area contributed by atoms with Gasteiger partial charge in [-0.2, -0.15) is 5.10 Å². The Morgan fingerprint density at radius 3 is 3.00 bits per heavy atom. The molecule has 7 heteroatoms. The van der Waals surface area contributed by atoms with E-state index in [9.17, 15) is 4.79 Å². The molecule has 0 aliphatic carbocycles. The lowest BCUT2D eigenvalue weighted by Gasteiger charge is -2.09. The van der Waals surface area contributed by atoms with Gasteiger partial charge in [0.1, 0.15) is 5.02 Å². The van der Waals surface area contributed by atoms with E-state index in [0.29, 0.717) is 18.8 Å². The molecule has 2 rings (SSSR count). The summed E-state index contributed by atoms with van der Waals surface area (Å²) in [5, 5.41) is 7.38. The summed E-state index contributed by atoms with van der Waals surface area (Å²) in [4.78, 5) is 18.8. The molecule has 102 valence electrons. The van der Waals surface area contributed by atoms with Gasteiger partial charge in [0.2, 0.25) is 0 Å². The lowest BCUT2D eigenvalue weighted by Crippen LogP contribution is -2.24. The van der Waals surface area contributed by atoms with Gasteiger partial charge in [-0.15, -0.1) is 0 Å². The van der Waals surface area contributed by atoms with Crippen LogP contribution in [0.4, 0.5) is 5.69 Å². The number of hydrogen-bond donors (Lipinski definition) is 2. The molecule has 0 saturated heterocycles. The zero-order valence-electron chi connectivity index (χ0n) is 10.7. The minimum atomic E-state index is -0.255. The number of imidazole rings is 1. The van der Waals surface area contributed by atoms with E-state index in [2.05, 4.69) is 20.4 Å². The van der Waals surface area contributed by atoms with Crippen molar-refractivity contribution in [3.05, 3.63) is 39.8 Å². The zero-order valence-corrected chi connectivity index (χ0v) is 11.4. The average Bonchev–Trinajstić information content (AvgIpc) is 2.91. The monoisotopic (exact) mass is 281 g/mol. The first-order chi connectivity index (χ1) is 9.22. The molecule has 6 nitrogen and oxygen atoms in total. The van der Waals surface area contributed by atoms with Crippen molar-refractivity contribution in [1.29, 1.82) is 0 Å². The van der Waals surface area contributed by atoms with Crippen molar-refractivity contribution in [2.24, 2.45) is 0 Å². The smallest absolute Gasteiger partial charge is 0.287 e. The van der Waals surface area contributed by atoms with Crippen molar-refractivity contribution in [3.63, 3.8) is 0 Å². The number of nitrogens with one attached hydrogen (secondary N) is 2. The van der Waals surface area contributed by atoms with Gasteiger partial charge in [0, 0.05) is 31.4 Å². The summed E-state index contributed by atoms with van der Waals surface area (Å²) in [6.07, 6.45) is 6.60. The first-order valence-electron chi connectivity index (χ1n) is 6.19. The first-order valence-corrected chi connectivity index (χ1v) is 6.57. The molecule has 0 aliphatic rings. The van der Waals surface area contributed by atoms with Crippen molar-refractivity contribution in [2.45, 2.75) is 26.3 Å². The molecule has 0 saturated carbocycles. The number of nitrogens with zero attached hydrogens (tertiary/aromatic N) is 3. The van der Waals surface area contributed by atoms with E-state index in [1.54, 1.807) is 18.7 Å². The Kier molecular flexibility index (Phi) is 4.57. The summed E-state index contributed by atoms with van der Waals surface area (Å²) < 4.78 is 1.38. The van der Waals surface area contributed by atoms with E-state index < -0.39 is 0 Å². The fourth-order valence-electron chi connectivity index (χ4n) is 1.71. The molecule has 0 aromatic carbocycles. The number of H-pyrrole nitrogens is 1. The van der Waals surface area contributed by atoms with E-state index >= 15 is 0 Å². The standard InChI is InChI=1S/C12H16ClN5O/c1-2-5-18-12(19)11(13)10(7-17-18)15-4-3-9-6-14-8-16-9/h6-8,15H,2-5H2,1H3,(H,14,16). The third kappa shape index (κ3) is 3.35. The van der Waals surface area contributed by atoms with Crippen LogP contribution in [-0.2, 0) is 13.0 Å². The van der Waals surface area contributed by atoms with Crippen molar-refractivity contribution in [1.82, 2.24) is 19.7 Å². The maximum absolute atomic E-state index is 11.9. The van der Waals surface area contributed by atoms with Gasteiger partial charge in [-0.1, -0.05) is 18.5 Å². The van der Waals surface area contributed by atoms with Gasteiger partial charge >= 0.3 is 0 Å². The predicted molar refractivity (Wildman–Crippen MR) is 74.6 cm³/mol. The lowest BCUT2D eigenvalue weighted by molar-refractivity contribution is 0.568. The Morgan fingerprint density at radius 2 is 2.32 bits per heavy atom. The highest BCUT2D eigenvalue weighted by atomic mass is 35.5. The van der Waals surface area contributed by atoms with Crippen LogP contribution < -0.4 is 10.9 Å². The fraction of sp³-hybridized carbons (Fsp3) is 0.417. The second-order valence-corrected chi connectivity index (χ2v) is 4.53. The van der Waals surface area contributed by atoms with E-state index in [0.717, 1.165) is 18.5 Å². The van der Waals surface area contributed by atoms with Crippen LogP contribution >= 0.6 is 11.6 Å². The van der Waals surface area contributed by atoms with Crippen molar-refractivity contribution >= 4 is 17.3 Å². The van der Waals surface area contributed by atoms with Gasteiger partial charge in [0.15, 0.2) is 0 Å². The topological polar surface area (TPSA) is 75.6 Å². The van der Waals surface area contributed by atoms with Gasteiger partial charge in [-0.05, 0) is 6.42 Å². The van der Waals surface area contributed by atoms with Gasteiger partial charge in [-0.25, -0.2) is 9.67 Å². The molecular weight excluding hydrogens is 266 g/mol. The molecule has 2 N–H and O–H groups in total. The van der Waals surface area contributed by atoms with Crippen molar-refractivity contribution in [2.75, 3.05) is 11.9 Å². The van der Waals surface area contributed by atoms with Gasteiger partial charge in [0.05, 0.1) is 18.2 Å². The Balaban J connectivity index is 2.01. The zero-order chi connectivity index (χ0) is 13.7. The van der Waals surface area contributed by atoms with Crippen molar-refractivity contribution < 1.29 is 0 Å². The van der Waals surface area contributed by atoms with Crippen LogP contribution in [0.5, 0.6) is 0 Å². The largest absolute Gasteiger partial charge is 0.382 e. The minimum Gasteiger partial charge on any atom is -0.382 e. The van der Waals surface area contributed by atoms with Gasteiger partial charge in [0.25, 0.3) is 5.56 Å². The summed E-state index contributed by atoms with van der Waals surface area (Å²) in [7, 11) is 0. The molecule has 2 aromatic rings. The predicted octanol–water partition coefficient (Wildman–Crippen LogP) is 1.68. The van der Waals surface area contributed by atoms with Gasteiger partial charge < -0.3 is 10.3 Å². The highest BCUT2D eigenvalue weighted by Crippen LogP contribution is 2.15. The second kappa shape index (κ2) is 6.38. The maximum Gasteiger partial charge on any atom is 0.287 e. The minimum absolute atomic E-state index is 0.188. The highest BCUT2D eigenvalue weighted by molar-refractivity contribution is 6.32. The SMILES string of the molecule is CCCn1ncc(NCCc2cnc[nH]2)c(Cl)c1=O. The molecule has 19 heavy (non-hydrogen) atoms. The number of aromatic amines is 1. The third-order valence-electron chi connectivity index (χ3n) is 2.68. The summed E-state index contributed by atoms with van der Waals surface area (Å²) in [6, 6.07) is 0. The van der Waals surface area contributed by atoms with Crippen LogP contribution in [0, 0.1) is 0 Å². The molecule has 2 heterocycles. The molecule has 0 radical (unpaired) electrons. The Bertz CT molecular complexity index is 578. The molecule has 0 fully saturated rings. The van der Waals surface area contributed by atoms with Gasteiger partial charge in [-0.3, -0.25) is 4.79 Å². The number of aryl methyl sites for hydroxylation is 1. The lowest BCUT2D eigenvalue weighted by atomic mass is 10.3. The molecule has 0 aliphatic heterocycles. The van der Waals surface area contributed by atoms with Crippen LogP contribution in [0.25, 0.3) is 0 Å². The van der Waals surface area contributed by atoms with E-state index in [1.165, 1.54) is 4.68 Å². The van der Waals surface area contributed by atoms with Crippen LogP contribution in [0.3, 0.4) is 0 Å². The summed E-state index contributed by atoms with van der Waals surface area (Å²) in [5.41, 5.74) is 1.34. The summed E-state index contributed by atoms with van der Waals surface area (Å²) in [6.45, 7) is 3.21. The summed E-state index contributed by atoms with van der Waals surface area (Å²) in [5.74, 6) is 0. The number of anilines is 1. The molecule has 0 spiro atoms. The number of hydrogen-bond acceptors (Lipinski definition) is 4. The first kappa shape index (κ1) is 13.6. The highest BCUT2D eigenvalue weighted by Gasteiger charge is 2.08. The number of rotatable bonds is 6. The summed E-state index contributed by atoms with van der Waals surface area (Å²) >= 11 is 6.04. The Hall–Kier alpha value is -1.82. The molecular formula is C12H16ClN5O.